The minimum absolute atomic E-state index is 0. The topological polar surface area (TPSA) is 125 Å². The van der Waals surface area contributed by atoms with Gasteiger partial charge in [0.05, 0.1) is 49.6 Å². The fraction of sp³-hybridized carbons (Fsp3) is 0. The van der Waals surface area contributed by atoms with Crippen molar-refractivity contribution < 1.29 is 27.3 Å². The number of para-hydroxylation sites is 6. The Kier molecular flexibility index (Phi) is 9.07. The van der Waals surface area contributed by atoms with E-state index in [4.69, 9.17) is 0 Å². The number of aromatic amines is 3. The number of H-pyrrole nitrogens is 3. The maximum atomic E-state index is 4.44. The van der Waals surface area contributed by atoms with E-state index in [1.807, 2.05) is 105 Å². The van der Waals surface area contributed by atoms with Crippen LogP contribution < -0.4 is 0 Å². The molecule has 0 spiro atoms. The quantitative estimate of drug-likeness (QED) is 0.159. The largest absolute Gasteiger partial charge is 2.00 e. The summed E-state index contributed by atoms with van der Waals surface area (Å²) >= 11 is 4.72. The van der Waals surface area contributed by atoms with Crippen LogP contribution in [0.4, 0.5) is 0 Å². The molecule has 13 heteroatoms. The Morgan fingerprint density at radius 2 is 0.721 bits per heavy atom. The Balaban J connectivity index is 0.000000113. The van der Waals surface area contributed by atoms with E-state index in [0.717, 1.165) is 67.7 Å². The number of nitrogens with one attached hydrogen (secondary N) is 3. The Morgan fingerprint density at radius 3 is 0.977 bits per heavy atom. The molecular weight excluding hydrogens is 695 g/mol. The monoisotopic (exact) mass is 717 g/mol. The van der Waals surface area contributed by atoms with Gasteiger partial charge in [-0.05, 0) is 36.4 Å². The molecule has 6 heterocycles. The van der Waals surface area contributed by atoms with E-state index in [1.165, 1.54) is 0 Å². The van der Waals surface area contributed by atoms with Crippen LogP contribution >= 0.6 is 34.0 Å². The number of thiazole rings is 3. The van der Waals surface area contributed by atoms with Crippen LogP contribution in [0.15, 0.2) is 105 Å². The van der Waals surface area contributed by atoms with Gasteiger partial charge < -0.3 is 15.0 Å². The molecule has 3 aromatic carbocycles. The zero-order chi connectivity index (χ0) is 28.1. The minimum atomic E-state index is 0. The van der Waals surface area contributed by atoms with Crippen molar-refractivity contribution in [2.75, 3.05) is 0 Å². The molecule has 3 N–H and O–H groups in total. The summed E-state index contributed by atoms with van der Waals surface area (Å²) < 4.78 is 0. The Bertz CT molecular complexity index is 1820. The van der Waals surface area contributed by atoms with E-state index in [0.29, 0.717) is 0 Å². The minimum Gasteiger partial charge on any atom is -0.337 e. The van der Waals surface area contributed by atoms with E-state index in [1.54, 1.807) is 34.0 Å². The summed E-state index contributed by atoms with van der Waals surface area (Å²) in [6.45, 7) is 0. The van der Waals surface area contributed by atoms with Crippen LogP contribution in [0.3, 0.4) is 0 Å². The SMILES string of the molecule is [Cd+2].c1ccc2[nH]c(-c3cscn3)nc2c1.c1ccc2[nH]c(-c3cscn3)nc2c1.c1ccc2[nH]c(-c3cscn3)nc2c1. The molecule has 9 nitrogen and oxygen atoms in total. The predicted octanol–water partition coefficient (Wildman–Crippen LogP) is 8.06. The van der Waals surface area contributed by atoms with Crippen LogP contribution in [-0.4, -0.2) is 44.9 Å². The molecule has 9 aromatic rings. The first kappa shape index (κ1) is 29.0. The van der Waals surface area contributed by atoms with E-state index >= 15 is 0 Å². The fourth-order valence-electron chi connectivity index (χ4n) is 4.21. The van der Waals surface area contributed by atoms with Crippen molar-refractivity contribution in [3.63, 3.8) is 0 Å². The maximum Gasteiger partial charge on any atom is 2.00 e. The summed E-state index contributed by atoms with van der Waals surface area (Å²) in [4.78, 5) is 35.6. The smallest absolute Gasteiger partial charge is 0.337 e. The van der Waals surface area contributed by atoms with Crippen LogP contribution in [0.25, 0.3) is 67.7 Å². The molecule has 0 atom stereocenters. The van der Waals surface area contributed by atoms with E-state index in [2.05, 4.69) is 44.9 Å². The third-order valence-electron chi connectivity index (χ3n) is 6.19. The second-order valence-electron chi connectivity index (χ2n) is 8.93. The van der Waals surface area contributed by atoms with Crippen LogP contribution in [0.5, 0.6) is 0 Å². The van der Waals surface area contributed by atoms with Gasteiger partial charge in [0.15, 0.2) is 17.5 Å². The number of fused-ring (bicyclic) bond motifs is 3. The van der Waals surface area contributed by atoms with Crippen molar-refractivity contribution in [3.05, 3.63) is 105 Å². The summed E-state index contributed by atoms with van der Waals surface area (Å²) in [7, 11) is 0. The molecule has 0 amide bonds. The Hall–Kier alpha value is -4.12. The normalized spacial score (nSPS) is 10.6. The first-order valence-electron chi connectivity index (χ1n) is 12.8. The van der Waals surface area contributed by atoms with E-state index < -0.39 is 0 Å². The van der Waals surface area contributed by atoms with Gasteiger partial charge in [-0.3, -0.25) is 0 Å². The predicted molar refractivity (Wildman–Crippen MR) is 172 cm³/mol. The Morgan fingerprint density at radius 1 is 0.419 bits per heavy atom. The number of hydrogen-bond acceptors (Lipinski definition) is 9. The second kappa shape index (κ2) is 13.5. The van der Waals surface area contributed by atoms with Crippen molar-refractivity contribution in [3.8, 4) is 34.6 Å². The van der Waals surface area contributed by atoms with Gasteiger partial charge in [-0.15, -0.1) is 34.0 Å². The average molecular weight is 716 g/mol. The van der Waals surface area contributed by atoms with Gasteiger partial charge in [0.1, 0.15) is 17.1 Å². The van der Waals surface area contributed by atoms with Gasteiger partial charge in [0, 0.05) is 16.1 Å². The number of imidazole rings is 3. The van der Waals surface area contributed by atoms with Crippen molar-refractivity contribution >= 4 is 67.1 Å². The molecule has 0 unspecified atom stereocenters. The molecule has 0 aliphatic carbocycles. The number of hydrogen-bond donors (Lipinski definition) is 3. The van der Waals surface area contributed by atoms with Crippen molar-refractivity contribution in [2.24, 2.45) is 0 Å². The molecule has 0 bridgehead atoms. The first-order chi connectivity index (χ1) is 20.8. The number of nitrogens with zero attached hydrogens (tertiary/aromatic N) is 6. The Labute approximate surface area is 277 Å². The average Bonchev–Trinajstić information content (AvgIpc) is 3.88. The molecule has 6 aromatic heterocycles. The number of aromatic nitrogens is 9. The second-order valence-corrected chi connectivity index (χ2v) is 11.1. The molecule has 43 heavy (non-hydrogen) atoms. The summed E-state index contributed by atoms with van der Waals surface area (Å²) in [5.74, 6) is 2.52. The molecule has 0 saturated carbocycles. The summed E-state index contributed by atoms with van der Waals surface area (Å²) in [5.41, 5.74) is 14.2. The molecule has 9 rings (SSSR count). The molecule has 0 aliphatic heterocycles. The maximum absolute atomic E-state index is 4.44. The van der Waals surface area contributed by atoms with Gasteiger partial charge in [-0.1, -0.05) is 36.4 Å². The zero-order valence-corrected chi connectivity index (χ0v) is 29.0. The van der Waals surface area contributed by atoms with Crippen molar-refractivity contribution in [1.29, 1.82) is 0 Å². The molecule has 0 saturated heterocycles. The van der Waals surface area contributed by atoms with E-state index in [-0.39, 0.29) is 27.3 Å². The first-order valence-corrected chi connectivity index (χ1v) is 15.6. The third kappa shape index (κ3) is 6.61. The standard InChI is InChI=1S/3C10H7N3S.Cd/c3*1-2-4-8-7(3-1)12-10(13-8)9-5-14-6-11-9;/h3*1-6H,(H,12,13);/q;;;+2. The van der Waals surface area contributed by atoms with Gasteiger partial charge in [-0.25, -0.2) is 29.9 Å². The van der Waals surface area contributed by atoms with E-state index in [9.17, 15) is 0 Å². The van der Waals surface area contributed by atoms with Crippen LogP contribution in [-0.2, 0) is 27.3 Å². The van der Waals surface area contributed by atoms with Gasteiger partial charge >= 0.3 is 27.3 Å². The molecule has 0 radical (unpaired) electrons. The molecule has 0 fully saturated rings. The number of benzene rings is 3. The van der Waals surface area contributed by atoms with Crippen LogP contribution in [0.1, 0.15) is 0 Å². The molecule has 0 aliphatic rings. The van der Waals surface area contributed by atoms with Crippen molar-refractivity contribution in [1.82, 2.24) is 44.9 Å². The van der Waals surface area contributed by atoms with Crippen molar-refractivity contribution in [2.45, 2.75) is 0 Å². The summed E-state index contributed by atoms with van der Waals surface area (Å²) in [6, 6.07) is 23.9. The molecule has 204 valence electrons. The number of rotatable bonds is 3. The zero-order valence-electron chi connectivity index (χ0n) is 22.5. The van der Waals surface area contributed by atoms with Gasteiger partial charge in [0.25, 0.3) is 0 Å². The summed E-state index contributed by atoms with van der Waals surface area (Å²) in [6.07, 6.45) is 0. The van der Waals surface area contributed by atoms with Gasteiger partial charge in [-0.2, -0.15) is 0 Å². The van der Waals surface area contributed by atoms with Gasteiger partial charge in [0.2, 0.25) is 0 Å². The van der Waals surface area contributed by atoms with Crippen LogP contribution in [0, 0.1) is 0 Å². The third-order valence-corrected chi connectivity index (χ3v) is 7.95. The van der Waals surface area contributed by atoms with Crippen LogP contribution in [0.2, 0.25) is 0 Å². The fourth-order valence-corrected chi connectivity index (χ4v) is 5.82. The molecular formula is C30H21CdN9S3+2. The summed E-state index contributed by atoms with van der Waals surface area (Å²) in [5, 5.41) is 5.95.